The molecule has 0 radical (unpaired) electrons. The van der Waals surface area contributed by atoms with Crippen LogP contribution in [0.4, 0.5) is 0 Å². The molecule has 0 amide bonds. The van der Waals surface area contributed by atoms with E-state index >= 15 is 0 Å². The highest BCUT2D eigenvalue weighted by Crippen LogP contribution is 2.73. The molecule has 0 aromatic rings. The van der Waals surface area contributed by atoms with Crippen molar-refractivity contribution in [2.75, 3.05) is 0 Å². The summed E-state index contributed by atoms with van der Waals surface area (Å²) < 4.78 is 6.02. The van der Waals surface area contributed by atoms with Crippen LogP contribution < -0.4 is 0 Å². The topological polar surface area (TPSA) is 60.4 Å². The van der Waals surface area contributed by atoms with E-state index in [9.17, 15) is 14.4 Å². The average Bonchev–Trinajstić information content (AvgIpc) is 2.67. The number of esters is 1. The molecule has 0 aromatic heterocycles. The maximum atomic E-state index is 12.3. The number of allylic oxidation sites excluding steroid dienone is 2. The van der Waals surface area contributed by atoms with Gasteiger partial charge in [0.2, 0.25) is 0 Å². The minimum atomic E-state index is -0.545. The Morgan fingerprint density at radius 1 is 1.00 bits per heavy atom. The van der Waals surface area contributed by atoms with Gasteiger partial charge in [0.15, 0.2) is 0 Å². The Morgan fingerprint density at radius 3 is 2.29 bits per heavy atom. The van der Waals surface area contributed by atoms with Crippen LogP contribution in [-0.4, -0.2) is 24.6 Å². The van der Waals surface area contributed by atoms with Gasteiger partial charge in [-0.3, -0.25) is 9.59 Å². The van der Waals surface area contributed by atoms with Crippen molar-refractivity contribution < 1.29 is 19.1 Å². The van der Waals surface area contributed by atoms with Gasteiger partial charge in [0.25, 0.3) is 0 Å². The second kappa shape index (κ2) is 7.28. The van der Waals surface area contributed by atoms with E-state index in [0.29, 0.717) is 22.8 Å². The van der Waals surface area contributed by atoms with Crippen LogP contribution in [0, 0.1) is 45.3 Å². The van der Waals surface area contributed by atoms with Crippen LogP contribution in [0.5, 0.6) is 0 Å². The minimum absolute atomic E-state index is 0.0657. The van der Waals surface area contributed by atoms with Crippen LogP contribution in [0.2, 0.25) is 0 Å². The fourth-order valence-corrected chi connectivity index (χ4v) is 9.45. The maximum Gasteiger partial charge on any atom is 0.302 e. The van der Waals surface area contributed by atoms with Gasteiger partial charge < -0.3 is 9.53 Å². The van der Waals surface area contributed by atoms with Crippen molar-refractivity contribution >= 4 is 18.5 Å². The zero-order valence-corrected chi connectivity index (χ0v) is 20.2. The quantitative estimate of drug-likeness (QED) is 0.437. The predicted molar refractivity (Wildman–Crippen MR) is 120 cm³/mol. The average molecular weight is 429 g/mol. The molecule has 0 spiro atoms. The van der Waals surface area contributed by atoms with Gasteiger partial charge in [-0.05, 0) is 78.1 Å². The third kappa shape index (κ3) is 3.03. The van der Waals surface area contributed by atoms with Gasteiger partial charge in [-0.15, -0.1) is 0 Å². The molecule has 3 saturated carbocycles. The smallest absolute Gasteiger partial charge is 0.302 e. The van der Waals surface area contributed by atoms with Crippen molar-refractivity contribution in [3.63, 3.8) is 0 Å². The van der Waals surface area contributed by atoms with Crippen LogP contribution in [0.3, 0.4) is 0 Å². The molecule has 172 valence electrons. The molecule has 4 aliphatic carbocycles. The second-order valence-electron chi connectivity index (χ2n) is 12.4. The van der Waals surface area contributed by atoms with Crippen molar-refractivity contribution in [3.8, 4) is 0 Å². The summed E-state index contributed by atoms with van der Waals surface area (Å²) >= 11 is 0. The van der Waals surface area contributed by atoms with E-state index in [2.05, 4.69) is 34.6 Å². The number of carbonyl (C=O) groups excluding carboxylic acids is 3. The highest BCUT2D eigenvalue weighted by Gasteiger charge is 2.68. The van der Waals surface area contributed by atoms with Gasteiger partial charge in [-0.1, -0.05) is 47.1 Å². The fraction of sp³-hybridized carbons (Fsp3) is 0.815. The first-order valence-electron chi connectivity index (χ1n) is 12.2. The lowest BCUT2D eigenvalue weighted by Gasteiger charge is -2.70. The van der Waals surface area contributed by atoms with E-state index in [1.54, 1.807) is 0 Å². The first kappa shape index (κ1) is 22.7. The van der Waals surface area contributed by atoms with Gasteiger partial charge in [-0.25, -0.2) is 0 Å². The molecule has 4 nitrogen and oxygen atoms in total. The Bertz CT molecular complexity index is 812. The Hall–Kier alpha value is -1.45. The second-order valence-corrected chi connectivity index (χ2v) is 12.4. The Labute approximate surface area is 187 Å². The summed E-state index contributed by atoms with van der Waals surface area (Å²) in [5.41, 5.74) is 0.619. The van der Waals surface area contributed by atoms with E-state index in [1.807, 2.05) is 6.08 Å². The lowest BCUT2D eigenvalue weighted by atomic mass is 9.35. The molecule has 0 unspecified atom stereocenters. The third-order valence-corrected chi connectivity index (χ3v) is 10.7. The molecule has 0 heterocycles. The zero-order valence-electron chi connectivity index (χ0n) is 20.2. The number of rotatable bonds is 3. The van der Waals surface area contributed by atoms with Crippen LogP contribution in [0.25, 0.3) is 0 Å². The number of hydrogen-bond acceptors (Lipinski definition) is 4. The molecule has 4 heteroatoms. The monoisotopic (exact) mass is 428 g/mol. The summed E-state index contributed by atoms with van der Waals surface area (Å²) in [6.45, 7) is 13.4. The minimum Gasteiger partial charge on any atom is -0.462 e. The first-order chi connectivity index (χ1) is 14.4. The number of aldehydes is 2. The number of hydrogen-bond donors (Lipinski definition) is 0. The number of carbonyl (C=O) groups is 3. The van der Waals surface area contributed by atoms with Gasteiger partial charge in [0, 0.05) is 12.3 Å². The summed E-state index contributed by atoms with van der Waals surface area (Å²) in [7, 11) is 0. The molecule has 0 N–H and O–H groups in total. The molecule has 0 saturated heterocycles. The van der Waals surface area contributed by atoms with Gasteiger partial charge >= 0.3 is 5.97 Å². The number of ether oxygens (including phenoxy) is 1. The van der Waals surface area contributed by atoms with E-state index in [-0.39, 0.29) is 28.8 Å². The Morgan fingerprint density at radius 2 is 1.68 bits per heavy atom. The molecule has 4 rings (SSSR count). The standard InChI is InChI=1S/C27H40O4/c1-17(30)31-23-14-22-25(4)12-7-11-24(2,3)20(25)10-13-26(22,5)21-9-8-18(15-28)19(16-29)27(21,23)6/h8,15-16,19-23H,7,9-14H2,1-6H3/t19-,20+,21+,22-,23-,25+,26+,27-/m1/s1. The normalized spacial score (nSPS) is 48.3. The van der Waals surface area contributed by atoms with E-state index in [1.165, 1.54) is 32.6 Å². The Kier molecular flexibility index (Phi) is 5.34. The zero-order chi connectivity index (χ0) is 22.8. The van der Waals surface area contributed by atoms with Crippen LogP contribution in [-0.2, 0) is 19.1 Å². The first-order valence-corrected chi connectivity index (χ1v) is 12.2. The molecular formula is C27H40O4. The molecule has 0 aromatic carbocycles. The molecule has 3 fully saturated rings. The summed E-state index contributed by atoms with van der Waals surface area (Å²) in [6.07, 6.45) is 11.1. The largest absolute Gasteiger partial charge is 0.462 e. The van der Waals surface area contributed by atoms with Crippen LogP contribution in [0.1, 0.15) is 86.5 Å². The highest BCUT2D eigenvalue weighted by atomic mass is 16.5. The molecule has 8 atom stereocenters. The van der Waals surface area contributed by atoms with Crippen LogP contribution in [0.15, 0.2) is 11.6 Å². The summed E-state index contributed by atoms with van der Waals surface area (Å²) in [4.78, 5) is 36.3. The molecular weight excluding hydrogens is 388 g/mol. The molecule has 4 aliphatic rings. The van der Waals surface area contributed by atoms with Gasteiger partial charge in [0.05, 0.1) is 5.92 Å². The van der Waals surface area contributed by atoms with E-state index in [4.69, 9.17) is 4.74 Å². The van der Waals surface area contributed by atoms with Crippen LogP contribution >= 0.6 is 0 Å². The summed E-state index contributed by atoms with van der Waals surface area (Å²) in [6, 6.07) is 0. The molecule has 31 heavy (non-hydrogen) atoms. The van der Waals surface area contributed by atoms with E-state index in [0.717, 1.165) is 31.8 Å². The Balaban J connectivity index is 1.85. The summed E-state index contributed by atoms with van der Waals surface area (Å²) in [5, 5.41) is 0. The van der Waals surface area contributed by atoms with Crippen molar-refractivity contribution in [1.82, 2.24) is 0 Å². The highest BCUT2D eigenvalue weighted by molar-refractivity contribution is 5.82. The predicted octanol–water partition coefficient (Wildman–Crippen LogP) is 5.54. The van der Waals surface area contributed by atoms with Gasteiger partial charge in [-0.2, -0.15) is 0 Å². The lowest BCUT2D eigenvalue weighted by Crippen LogP contribution is -2.67. The van der Waals surface area contributed by atoms with Crippen molar-refractivity contribution in [1.29, 1.82) is 0 Å². The lowest BCUT2D eigenvalue weighted by molar-refractivity contribution is -0.238. The maximum absolute atomic E-state index is 12.3. The van der Waals surface area contributed by atoms with Gasteiger partial charge in [0.1, 0.15) is 18.7 Å². The van der Waals surface area contributed by atoms with Crippen molar-refractivity contribution in [2.24, 2.45) is 45.3 Å². The molecule has 0 aliphatic heterocycles. The number of fused-ring (bicyclic) bond motifs is 5. The SMILES string of the molecule is CC(=O)O[C@@H]1C[C@@H]2[C@@]3(C)CCCC(C)(C)[C@@H]3CC[C@@]2(C)[C@@H]2CC=C(C=O)[C@@H](C=O)[C@@]12C. The van der Waals surface area contributed by atoms with Crippen molar-refractivity contribution in [3.05, 3.63) is 11.6 Å². The summed E-state index contributed by atoms with van der Waals surface area (Å²) in [5.74, 6) is 0.519. The van der Waals surface area contributed by atoms with Crippen molar-refractivity contribution in [2.45, 2.75) is 92.6 Å². The van der Waals surface area contributed by atoms with E-state index < -0.39 is 11.3 Å². The third-order valence-electron chi connectivity index (χ3n) is 10.7. The fourth-order valence-electron chi connectivity index (χ4n) is 9.45. The molecule has 0 bridgehead atoms.